The fourth-order valence-corrected chi connectivity index (χ4v) is 3.93. The largest absolute Gasteiger partial charge is 0.494 e. The van der Waals surface area contributed by atoms with Crippen molar-refractivity contribution in [1.29, 1.82) is 0 Å². The van der Waals surface area contributed by atoms with Crippen molar-refractivity contribution in [1.82, 2.24) is 9.88 Å². The first-order valence-corrected chi connectivity index (χ1v) is 10.6. The van der Waals surface area contributed by atoms with E-state index >= 15 is 0 Å². The molecule has 3 rings (SSSR count). The first kappa shape index (κ1) is 20.4. The highest BCUT2D eigenvalue weighted by molar-refractivity contribution is 7.13. The Balaban J connectivity index is 1.58. The Morgan fingerprint density at radius 2 is 2.04 bits per heavy atom. The molecule has 0 radical (unpaired) electrons. The highest BCUT2D eigenvalue weighted by Crippen LogP contribution is 2.29. The molecule has 1 aliphatic heterocycles. The molecular formula is C20H28N4O3S. The third kappa shape index (κ3) is 5.59. The summed E-state index contributed by atoms with van der Waals surface area (Å²) in [5, 5.41) is 6.04. The van der Waals surface area contributed by atoms with Gasteiger partial charge >= 0.3 is 0 Å². The summed E-state index contributed by atoms with van der Waals surface area (Å²) in [5.41, 5.74) is 0.650. The lowest BCUT2D eigenvalue weighted by molar-refractivity contribution is -0.117. The number of anilines is 2. The zero-order valence-corrected chi connectivity index (χ0v) is 17.3. The van der Waals surface area contributed by atoms with Crippen molar-refractivity contribution in [3.05, 3.63) is 29.8 Å². The van der Waals surface area contributed by atoms with Gasteiger partial charge in [-0.15, -0.1) is 11.3 Å². The molecule has 0 spiro atoms. The molecule has 28 heavy (non-hydrogen) atoms. The molecule has 1 aromatic heterocycles. The number of nitrogens with zero attached hydrogens (tertiary/aromatic N) is 3. The minimum Gasteiger partial charge on any atom is -0.494 e. The van der Waals surface area contributed by atoms with E-state index in [1.54, 1.807) is 11.3 Å². The van der Waals surface area contributed by atoms with Gasteiger partial charge < -0.3 is 19.7 Å². The number of rotatable bonds is 8. The Morgan fingerprint density at radius 1 is 1.18 bits per heavy atom. The van der Waals surface area contributed by atoms with Crippen LogP contribution in [0.5, 0.6) is 11.5 Å². The molecule has 152 valence electrons. The zero-order chi connectivity index (χ0) is 19.8. The van der Waals surface area contributed by atoms with E-state index in [4.69, 9.17) is 9.47 Å². The molecule has 0 bridgehead atoms. The number of benzene rings is 1. The summed E-state index contributed by atoms with van der Waals surface area (Å²) < 4.78 is 11.2. The van der Waals surface area contributed by atoms with Crippen LogP contribution in [0.25, 0.3) is 0 Å². The minimum absolute atomic E-state index is 0.0442. The van der Waals surface area contributed by atoms with Crippen molar-refractivity contribution < 1.29 is 14.3 Å². The van der Waals surface area contributed by atoms with Crippen LogP contribution in [0.4, 0.5) is 10.8 Å². The lowest BCUT2D eigenvalue weighted by atomic mass is 10.2. The van der Waals surface area contributed by atoms with Crippen LogP contribution in [-0.4, -0.2) is 61.7 Å². The summed E-state index contributed by atoms with van der Waals surface area (Å²) in [6, 6.07) is 5.51. The number of amides is 1. The predicted molar refractivity (Wildman–Crippen MR) is 113 cm³/mol. The molecule has 2 heterocycles. The van der Waals surface area contributed by atoms with Crippen LogP contribution < -0.4 is 19.7 Å². The molecule has 1 amide bonds. The lowest BCUT2D eigenvalue weighted by Gasteiger charge is -2.21. The molecule has 1 N–H and O–H groups in total. The SMILES string of the molecule is CCOc1ccc(OCC)c(NC(=O)CN2CCCN(c3nccs3)CC2)c1. The Hall–Kier alpha value is -2.32. The number of hydrogen-bond acceptors (Lipinski definition) is 7. The maximum atomic E-state index is 12.7. The maximum Gasteiger partial charge on any atom is 0.238 e. The van der Waals surface area contributed by atoms with Gasteiger partial charge in [0.1, 0.15) is 11.5 Å². The molecule has 0 unspecified atom stereocenters. The minimum atomic E-state index is -0.0442. The second kappa shape index (κ2) is 10.3. The number of ether oxygens (including phenoxy) is 2. The standard InChI is InChI=1S/C20H28N4O3S/c1-3-26-16-6-7-18(27-4-2)17(14-16)22-19(25)15-23-9-5-10-24(12-11-23)20-21-8-13-28-20/h6-8,13-14H,3-5,9-12,15H2,1-2H3,(H,22,25). The van der Waals surface area contributed by atoms with Crippen LogP contribution in [0, 0.1) is 0 Å². The zero-order valence-electron chi connectivity index (χ0n) is 16.5. The van der Waals surface area contributed by atoms with Crippen LogP contribution >= 0.6 is 11.3 Å². The van der Waals surface area contributed by atoms with Gasteiger partial charge in [0.15, 0.2) is 5.13 Å². The summed E-state index contributed by atoms with van der Waals surface area (Å²) >= 11 is 1.66. The molecule has 0 saturated carbocycles. The monoisotopic (exact) mass is 404 g/mol. The topological polar surface area (TPSA) is 66.9 Å². The van der Waals surface area contributed by atoms with E-state index in [1.807, 2.05) is 43.6 Å². The first-order valence-electron chi connectivity index (χ1n) is 9.76. The van der Waals surface area contributed by atoms with Crippen molar-refractivity contribution in [3.63, 3.8) is 0 Å². The molecule has 1 aliphatic rings. The van der Waals surface area contributed by atoms with E-state index in [0.29, 0.717) is 31.2 Å². The average molecular weight is 405 g/mol. The van der Waals surface area contributed by atoms with E-state index in [1.165, 1.54) is 0 Å². The van der Waals surface area contributed by atoms with Gasteiger partial charge in [-0.1, -0.05) is 0 Å². The summed E-state index contributed by atoms with van der Waals surface area (Å²) in [6.07, 6.45) is 2.85. The third-order valence-electron chi connectivity index (χ3n) is 4.48. The normalized spacial score (nSPS) is 15.1. The van der Waals surface area contributed by atoms with Crippen molar-refractivity contribution in [2.24, 2.45) is 0 Å². The van der Waals surface area contributed by atoms with Gasteiger partial charge in [0.25, 0.3) is 0 Å². The second-order valence-corrected chi connectivity index (χ2v) is 7.38. The van der Waals surface area contributed by atoms with Crippen molar-refractivity contribution >= 4 is 28.1 Å². The van der Waals surface area contributed by atoms with E-state index in [9.17, 15) is 4.79 Å². The second-order valence-electron chi connectivity index (χ2n) is 6.50. The maximum absolute atomic E-state index is 12.7. The first-order chi connectivity index (χ1) is 13.7. The van der Waals surface area contributed by atoms with E-state index < -0.39 is 0 Å². The highest BCUT2D eigenvalue weighted by atomic mass is 32.1. The number of nitrogens with one attached hydrogen (secondary N) is 1. The van der Waals surface area contributed by atoms with Gasteiger partial charge in [0.2, 0.25) is 5.91 Å². The number of hydrogen-bond donors (Lipinski definition) is 1. The van der Waals surface area contributed by atoms with Gasteiger partial charge in [0, 0.05) is 43.8 Å². The van der Waals surface area contributed by atoms with E-state index in [-0.39, 0.29) is 5.91 Å². The summed E-state index contributed by atoms with van der Waals surface area (Å²) in [4.78, 5) is 21.5. The van der Waals surface area contributed by atoms with Gasteiger partial charge in [-0.2, -0.15) is 0 Å². The quantitative estimate of drug-likeness (QED) is 0.729. The summed E-state index contributed by atoms with van der Waals surface area (Å²) in [5.74, 6) is 1.33. The molecule has 0 aliphatic carbocycles. The highest BCUT2D eigenvalue weighted by Gasteiger charge is 2.19. The fourth-order valence-electron chi connectivity index (χ4n) is 3.23. The van der Waals surface area contributed by atoms with E-state index in [2.05, 4.69) is 20.1 Å². The summed E-state index contributed by atoms with van der Waals surface area (Å²) in [6.45, 7) is 8.91. The molecule has 2 aromatic rings. The van der Waals surface area contributed by atoms with Crippen molar-refractivity contribution in [2.45, 2.75) is 20.3 Å². The Morgan fingerprint density at radius 3 is 2.79 bits per heavy atom. The summed E-state index contributed by atoms with van der Waals surface area (Å²) in [7, 11) is 0. The molecule has 1 aromatic carbocycles. The number of carbonyl (C=O) groups is 1. The Labute approximate surface area is 170 Å². The van der Waals surface area contributed by atoms with Crippen LogP contribution in [-0.2, 0) is 4.79 Å². The third-order valence-corrected chi connectivity index (χ3v) is 5.31. The number of aromatic nitrogens is 1. The molecule has 8 heteroatoms. The smallest absolute Gasteiger partial charge is 0.238 e. The van der Waals surface area contributed by atoms with Crippen LogP contribution in [0.2, 0.25) is 0 Å². The lowest BCUT2D eigenvalue weighted by Crippen LogP contribution is -2.36. The van der Waals surface area contributed by atoms with Crippen LogP contribution in [0.3, 0.4) is 0 Å². The number of thiazole rings is 1. The molecule has 7 nitrogen and oxygen atoms in total. The van der Waals surface area contributed by atoms with Gasteiger partial charge in [0.05, 0.1) is 25.4 Å². The van der Waals surface area contributed by atoms with Gasteiger partial charge in [-0.3, -0.25) is 9.69 Å². The fraction of sp³-hybridized carbons (Fsp3) is 0.500. The Kier molecular flexibility index (Phi) is 7.50. The molecule has 1 saturated heterocycles. The Bertz CT molecular complexity index is 754. The van der Waals surface area contributed by atoms with Gasteiger partial charge in [-0.05, 0) is 32.4 Å². The molecule has 1 fully saturated rings. The van der Waals surface area contributed by atoms with Crippen molar-refractivity contribution in [2.75, 3.05) is 56.2 Å². The van der Waals surface area contributed by atoms with Crippen LogP contribution in [0.1, 0.15) is 20.3 Å². The average Bonchev–Trinajstić information content (AvgIpc) is 3.12. The molecular weight excluding hydrogens is 376 g/mol. The van der Waals surface area contributed by atoms with Gasteiger partial charge in [-0.25, -0.2) is 4.98 Å². The number of carbonyl (C=O) groups excluding carboxylic acids is 1. The van der Waals surface area contributed by atoms with Crippen LogP contribution in [0.15, 0.2) is 29.8 Å². The predicted octanol–water partition coefficient (Wildman–Crippen LogP) is 3.09. The van der Waals surface area contributed by atoms with Crippen molar-refractivity contribution in [3.8, 4) is 11.5 Å². The van der Waals surface area contributed by atoms with E-state index in [0.717, 1.165) is 43.5 Å². The molecule has 0 atom stereocenters.